The van der Waals surface area contributed by atoms with Crippen molar-refractivity contribution in [1.82, 2.24) is 4.98 Å². The van der Waals surface area contributed by atoms with Gasteiger partial charge in [0.15, 0.2) is 0 Å². The lowest BCUT2D eigenvalue weighted by Crippen LogP contribution is -2.12. The average molecular weight is 299 g/mol. The van der Waals surface area contributed by atoms with E-state index >= 15 is 0 Å². The fourth-order valence-electron chi connectivity index (χ4n) is 2.23. The molecule has 0 fully saturated rings. The summed E-state index contributed by atoms with van der Waals surface area (Å²) in [5.41, 5.74) is 8.31. The van der Waals surface area contributed by atoms with Crippen molar-refractivity contribution in [2.24, 2.45) is 5.73 Å². The normalized spacial score (nSPS) is 15.7. The molecule has 1 aromatic heterocycles. The van der Waals surface area contributed by atoms with Crippen LogP contribution in [0.5, 0.6) is 0 Å². The molecule has 0 bridgehead atoms. The molecule has 2 N–H and O–H groups in total. The molecule has 1 aliphatic rings. The molecule has 1 unspecified atom stereocenters. The van der Waals surface area contributed by atoms with Crippen molar-refractivity contribution in [3.63, 3.8) is 0 Å². The molecule has 1 aliphatic carbocycles. The molecule has 0 aliphatic heterocycles. The highest BCUT2D eigenvalue weighted by molar-refractivity contribution is 7.11. The zero-order valence-electron chi connectivity index (χ0n) is 9.62. The Balaban J connectivity index is 1.98. The van der Waals surface area contributed by atoms with Gasteiger partial charge in [0.2, 0.25) is 0 Å². The van der Waals surface area contributed by atoms with Gasteiger partial charge in [0.05, 0.1) is 11.7 Å². The van der Waals surface area contributed by atoms with Crippen LogP contribution in [-0.2, 0) is 12.8 Å². The van der Waals surface area contributed by atoms with E-state index in [2.05, 4.69) is 4.98 Å². The molecule has 2 aromatic rings. The van der Waals surface area contributed by atoms with Gasteiger partial charge in [0, 0.05) is 14.9 Å². The molecule has 3 rings (SSSR count). The summed E-state index contributed by atoms with van der Waals surface area (Å²) in [5.74, 6) is 0. The van der Waals surface area contributed by atoms with Crippen LogP contribution in [0.25, 0.3) is 0 Å². The van der Waals surface area contributed by atoms with E-state index in [1.165, 1.54) is 17.0 Å². The fourth-order valence-corrected chi connectivity index (χ4v) is 3.82. The maximum absolute atomic E-state index is 6.25. The van der Waals surface area contributed by atoms with Crippen molar-refractivity contribution >= 4 is 34.5 Å². The van der Waals surface area contributed by atoms with Gasteiger partial charge < -0.3 is 5.73 Å². The predicted octanol–water partition coefficient (Wildman–Crippen LogP) is 3.99. The van der Waals surface area contributed by atoms with E-state index in [0.29, 0.717) is 10.0 Å². The number of aryl methyl sites for hydroxylation is 2. The number of hydrogen-bond donors (Lipinski definition) is 1. The van der Waals surface area contributed by atoms with Crippen LogP contribution in [0.1, 0.15) is 33.6 Å². The molecule has 94 valence electrons. The molecule has 0 spiro atoms. The number of fused-ring (bicyclic) bond motifs is 1. The lowest BCUT2D eigenvalue weighted by atomic mass is 10.1. The Bertz CT molecular complexity index is 573. The van der Waals surface area contributed by atoms with E-state index in [0.717, 1.165) is 23.4 Å². The highest BCUT2D eigenvalue weighted by atomic mass is 35.5. The maximum atomic E-state index is 6.25. The Hall–Kier alpha value is -0.610. The third-order valence-corrected chi connectivity index (χ3v) is 4.99. The molecular weight excluding hydrogens is 287 g/mol. The van der Waals surface area contributed by atoms with Crippen LogP contribution in [0.3, 0.4) is 0 Å². The third-order valence-electron chi connectivity index (χ3n) is 3.17. The van der Waals surface area contributed by atoms with Crippen molar-refractivity contribution in [2.75, 3.05) is 0 Å². The predicted molar refractivity (Wildman–Crippen MR) is 76.6 cm³/mol. The molecule has 1 aromatic carbocycles. The molecule has 0 saturated heterocycles. The number of halogens is 2. The van der Waals surface area contributed by atoms with Gasteiger partial charge in [0.1, 0.15) is 5.01 Å². The van der Waals surface area contributed by atoms with Crippen LogP contribution >= 0.6 is 34.5 Å². The zero-order chi connectivity index (χ0) is 12.7. The first-order valence-electron chi connectivity index (χ1n) is 5.84. The van der Waals surface area contributed by atoms with Gasteiger partial charge in [-0.1, -0.05) is 23.2 Å². The number of nitrogens with two attached hydrogens (primary N) is 1. The standard InChI is InChI=1S/C13H12Cl2N2S/c14-7-4-5-9(15)8(6-7)12(16)13-17-10-2-1-3-11(10)18-13/h4-6,12H,1-3,16H2. The van der Waals surface area contributed by atoms with E-state index in [9.17, 15) is 0 Å². The van der Waals surface area contributed by atoms with Crippen LogP contribution in [0.4, 0.5) is 0 Å². The Morgan fingerprint density at radius 3 is 2.89 bits per heavy atom. The first-order chi connectivity index (χ1) is 8.65. The highest BCUT2D eigenvalue weighted by Crippen LogP contribution is 2.35. The third kappa shape index (κ3) is 2.16. The number of thiazole rings is 1. The summed E-state index contributed by atoms with van der Waals surface area (Å²) < 4.78 is 0. The minimum absolute atomic E-state index is 0.285. The zero-order valence-corrected chi connectivity index (χ0v) is 11.9. The second kappa shape index (κ2) is 4.82. The van der Waals surface area contributed by atoms with Crippen molar-refractivity contribution in [3.8, 4) is 0 Å². The first-order valence-corrected chi connectivity index (χ1v) is 7.41. The van der Waals surface area contributed by atoms with E-state index in [1.807, 2.05) is 6.07 Å². The molecule has 0 amide bonds. The summed E-state index contributed by atoms with van der Waals surface area (Å²) in [6.45, 7) is 0. The second-order valence-electron chi connectivity index (χ2n) is 4.42. The lowest BCUT2D eigenvalue weighted by Gasteiger charge is -2.11. The van der Waals surface area contributed by atoms with Crippen LogP contribution in [0.15, 0.2) is 18.2 Å². The maximum Gasteiger partial charge on any atom is 0.114 e. The Morgan fingerprint density at radius 2 is 2.11 bits per heavy atom. The van der Waals surface area contributed by atoms with Gasteiger partial charge in [-0.2, -0.15) is 0 Å². The van der Waals surface area contributed by atoms with Gasteiger partial charge in [-0.25, -0.2) is 4.98 Å². The van der Waals surface area contributed by atoms with Crippen molar-refractivity contribution in [2.45, 2.75) is 25.3 Å². The number of nitrogens with zero attached hydrogens (tertiary/aromatic N) is 1. The largest absolute Gasteiger partial charge is 0.318 e. The van der Waals surface area contributed by atoms with Crippen molar-refractivity contribution in [1.29, 1.82) is 0 Å². The van der Waals surface area contributed by atoms with Gasteiger partial charge >= 0.3 is 0 Å². The number of aromatic nitrogens is 1. The highest BCUT2D eigenvalue weighted by Gasteiger charge is 2.22. The van der Waals surface area contributed by atoms with Gasteiger partial charge in [-0.15, -0.1) is 11.3 Å². The van der Waals surface area contributed by atoms with Crippen LogP contribution in [0.2, 0.25) is 10.0 Å². The van der Waals surface area contributed by atoms with E-state index in [-0.39, 0.29) is 6.04 Å². The molecule has 0 saturated carbocycles. The van der Waals surface area contributed by atoms with E-state index < -0.39 is 0 Å². The van der Waals surface area contributed by atoms with Gasteiger partial charge in [0.25, 0.3) is 0 Å². The van der Waals surface area contributed by atoms with Crippen LogP contribution in [0, 0.1) is 0 Å². The monoisotopic (exact) mass is 298 g/mol. The molecule has 0 radical (unpaired) electrons. The number of rotatable bonds is 2. The average Bonchev–Trinajstić information content (AvgIpc) is 2.91. The van der Waals surface area contributed by atoms with E-state index in [4.69, 9.17) is 28.9 Å². The summed E-state index contributed by atoms with van der Waals surface area (Å²) in [6.07, 6.45) is 3.41. The van der Waals surface area contributed by atoms with Crippen LogP contribution < -0.4 is 5.73 Å². The first kappa shape index (κ1) is 12.4. The smallest absolute Gasteiger partial charge is 0.114 e. The summed E-state index contributed by atoms with van der Waals surface area (Å²) in [7, 11) is 0. The Labute approximate surface area is 120 Å². The van der Waals surface area contributed by atoms with Gasteiger partial charge in [-0.05, 0) is 43.0 Å². The van der Waals surface area contributed by atoms with E-state index in [1.54, 1.807) is 23.5 Å². The molecule has 1 atom stereocenters. The molecule has 18 heavy (non-hydrogen) atoms. The number of hydrogen-bond acceptors (Lipinski definition) is 3. The number of benzene rings is 1. The lowest BCUT2D eigenvalue weighted by molar-refractivity contribution is 0.834. The molecule has 1 heterocycles. The summed E-state index contributed by atoms with van der Waals surface area (Å²) in [6, 6.07) is 5.08. The Morgan fingerprint density at radius 1 is 1.28 bits per heavy atom. The van der Waals surface area contributed by atoms with Crippen LogP contribution in [-0.4, -0.2) is 4.98 Å². The summed E-state index contributed by atoms with van der Waals surface area (Å²) >= 11 is 13.9. The fraction of sp³-hybridized carbons (Fsp3) is 0.308. The molecule has 2 nitrogen and oxygen atoms in total. The Kier molecular flexibility index (Phi) is 3.32. The quantitative estimate of drug-likeness (QED) is 0.910. The van der Waals surface area contributed by atoms with Crippen molar-refractivity contribution < 1.29 is 0 Å². The topological polar surface area (TPSA) is 38.9 Å². The van der Waals surface area contributed by atoms with Gasteiger partial charge in [-0.3, -0.25) is 0 Å². The second-order valence-corrected chi connectivity index (χ2v) is 6.38. The molecule has 5 heteroatoms. The van der Waals surface area contributed by atoms with Crippen molar-refractivity contribution in [3.05, 3.63) is 49.4 Å². The minimum atomic E-state index is -0.285. The molecular formula is C13H12Cl2N2S. The minimum Gasteiger partial charge on any atom is -0.318 e. The summed E-state index contributed by atoms with van der Waals surface area (Å²) in [5, 5.41) is 2.22. The SMILES string of the molecule is NC(c1nc2c(s1)CCC2)c1cc(Cl)ccc1Cl. The summed E-state index contributed by atoms with van der Waals surface area (Å²) in [4.78, 5) is 6.00.